The third-order valence-electron chi connectivity index (χ3n) is 8.16. The lowest BCUT2D eigenvalue weighted by atomic mass is 10.1. The van der Waals surface area contributed by atoms with Gasteiger partial charge in [-0.1, -0.05) is 157 Å². The van der Waals surface area contributed by atoms with Crippen molar-refractivity contribution in [3.63, 3.8) is 0 Å². The molecule has 0 fully saturated rings. The summed E-state index contributed by atoms with van der Waals surface area (Å²) < 4.78 is 16.5. The molecule has 0 saturated heterocycles. The summed E-state index contributed by atoms with van der Waals surface area (Å²) in [6, 6.07) is 0. The lowest BCUT2D eigenvalue weighted by Gasteiger charge is -2.18. The van der Waals surface area contributed by atoms with Gasteiger partial charge in [-0.05, 0) is 77.0 Å². The smallest absolute Gasteiger partial charge is 0.306 e. The number of carbonyl (C=O) groups excluding carboxylic acids is 3. The molecule has 0 aliphatic rings. The van der Waals surface area contributed by atoms with Gasteiger partial charge in [-0.25, -0.2) is 0 Å². The summed E-state index contributed by atoms with van der Waals surface area (Å²) in [4.78, 5) is 37.4. The Morgan fingerprint density at radius 3 is 1.25 bits per heavy atom. The largest absolute Gasteiger partial charge is 0.462 e. The maximum Gasteiger partial charge on any atom is 0.306 e. The van der Waals surface area contributed by atoms with Gasteiger partial charge in [0.2, 0.25) is 0 Å². The minimum absolute atomic E-state index is 0.112. The number of hydrogen-bond acceptors (Lipinski definition) is 6. The second-order valence-electron chi connectivity index (χ2n) is 13.1. The van der Waals surface area contributed by atoms with E-state index in [0.717, 1.165) is 103 Å². The van der Waals surface area contributed by atoms with Gasteiger partial charge in [-0.15, -0.1) is 0 Å². The molecule has 6 heteroatoms. The highest BCUT2D eigenvalue weighted by Gasteiger charge is 2.19. The number of carbonyl (C=O) groups is 3. The molecule has 0 saturated carbocycles. The van der Waals surface area contributed by atoms with Crippen molar-refractivity contribution in [2.75, 3.05) is 13.2 Å². The second-order valence-corrected chi connectivity index (χ2v) is 13.1. The summed E-state index contributed by atoms with van der Waals surface area (Å²) in [7, 11) is 0. The normalized spacial score (nSPS) is 12.9. The van der Waals surface area contributed by atoms with E-state index in [4.69, 9.17) is 14.2 Å². The minimum atomic E-state index is -0.816. The van der Waals surface area contributed by atoms with Gasteiger partial charge in [-0.3, -0.25) is 14.4 Å². The quantitative estimate of drug-likeness (QED) is 0.0280. The van der Waals surface area contributed by atoms with Crippen molar-refractivity contribution in [1.82, 2.24) is 0 Å². The molecule has 0 heterocycles. The highest BCUT2D eigenvalue weighted by atomic mass is 16.6. The van der Waals surface area contributed by atoms with Crippen LogP contribution in [-0.2, 0) is 28.6 Å². The molecule has 0 amide bonds. The van der Waals surface area contributed by atoms with E-state index in [9.17, 15) is 14.4 Å². The predicted octanol–water partition coefficient (Wildman–Crippen LogP) is 12.9. The summed E-state index contributed by atoms with van der Waals surface area (Å²) in [6.07, 6.45) is 50.3. The Balaban J connectivity index is 4.45. The van der Waals surface area contributed by atoms with Crippen LogP contribution in [-0.4, -0.2) is 37.2 Å². The summed E-state index contributed by atoms with van der Waals surface area (Å²) in [6.45, 7) is 6.23. The molecule has 0 N–H and O–H groups in total. The third kappa shape index (κ3) is 37.8. The van der Waals surface area contributed by atoms with Crippen LogP contribution in [0.1, 0.15) is 168 Å². The lowest BCUT2D eigenvalue weighted by molar-refractivity contribution is -0.166. The van der Waals surface area contributed by atoms with Crippen molar-refractivity contribution in [2.45, 2.75) is 175 Å². The Morgan fingerprint density at radius 2 is 0.788 bits per heavy atom. The van der Waals surface area contributed by atoms with Crippen molar-refractivity contribution >= 4 is 17.9 Å². The molecule has 6 nitrogen and oxygen atoms in total. The SMILES string of the molecule is CC/C=C\C/C=C\C/C=C\C/C=C\CCC(=O)OC(COC(=O)CCCCCCCC)COC(=O)CCCCCCC/C=C\C/C=C\C/C=C\CC. The molecule has 0 aromatic heterocycles. The van der Waals surface area contributed by atoms with Gasteiger partial charge in [-0.2, -0.15) is 0 Å². The van der Waals surface area contributed by atoms with Gasteiger partial charge in [0.05, 0.1) is 0 Å². The zero-order valence-corrected chi connectivity index (χ0v) is 33.3. The number of ether oxygens (including phenoxy) is 3. The van der Waals surface area contributed by atoms with E-state index in [1.165, 1.54) is 19.3 Å². The Labute approximate surface area is 318 Å². The van der Waals surface area contributed by atoms with E-state index in [2.05, 4.69) is 93.7 Å². The van der Waals surface area contributed by atoms with Gasteiger partial charge in [0.1, 0.15) is 13.2 Å². The average molecular weight is 723 g/mol. The molecule has 0 aromatic rings. The van der Waals surface area contributed by atoms with Crippen molar-refractivity contribution < 1.29 is 28.6 Å². The van der Waals surface area contributed by atoms with E-state index < -0.39 is 12.1 Å². The number of rotatable bonds is 35. The Bertz CT molecular complexity index is 1060. The first-order valence-electron chi connectivity index (χ1n) is 20.6. The zero-order valence-electron chi connectivity index (χ0n) is 33.3. The first kappa shape index (κ1) is 48.6. The molecular formula is C46H74O6. The van der Waals surface area contributed by atoms with E-state index in [1.807, 2.05) is 12.2 Å². The first-order chi connectivity index (χ1) is 25.5. The van der Waals surface area contributed by atoms with Crippen molar-refractivity contribution in [3.05, 3.63) is 85.1 Å². The molecule has 0 aliphatic carbocycles. The van der Waals surface area contributed by atoms with E-state index in [0.29, 0.717) is 19.3 Å². The number of esters is 3. The molecular weight excluding hydrogens is 648 g/mol. The average Bonchev–Trinajstić information content (AvgIpc) is 3.14. The molecule has 0 aliphatic heterocycles. The monoisotopic (exact) mass is 723 g/mol. The Morgan fingerprint density at radius 1 is 0.404 bits per heavy atom. The molecule has 0 rings (SSSR count). The third-order valence-corrected chi connectivity index (χ3v) is 8.16. The van der Waals surface area contributed by atoms with Crippen LogP contribution in [0.25, 0.3) is 0 Å². The van der Waals surface area contributed by atoms with Crippen LogP contribution in [0.3, 0.4) is 0 Å². The minimum Gasteiger partial charge on any atom is -0.462 e. The fraction of sp³-hybridized carbons (Fsp3) is 0.630. The van der Waals surface area contributed by atoms with Crippen LogP contribution < -0.4 is 0 Å². The summed E-state index contributed by atoms with van der Waals surface area (Å²) in [5.74, 6) is -1.03. The predicted molar refractivity (Wildman–Crippen MR) is 219 cm³/mol. The molecule has 52 heavy (non-hydrogen) atoms. The topological polar surface area (TPSA) is 78.9 Å². The Kier molecular flexibility index (Phi) is 37.7. The van der Waals surface area contributed by atoms with Crippen LogP contribution in [0.4, 0.5) is 0 Å². The lowest BCUT2D eigenvalue weighted by Crippen LogP contribution is -2.30. The molecule has 1 unspecified atom stereocenters. The van der Waals surface area contributed by atoms with E-state index >= 15 is 0 Å². The summed E-state index contributed by atoms with van der Waals surface area (Å²) in [5, 5.41) is 0. The van der Waals surface area contributed by atoms with E-state index in [1.54, 1.807) is 0 Å². The van der Waals surface area contributed by atoms with Crippen LogP contribution in [0.5, 0.6) is 0 Å². The molecule has 1 atom stereocenters. The number of allylic oxidation sites excluding steroid dienone is 14. The molecule has 0 aromatic carbocycles. The van der Waals surface area contributed by atoms with Crippen LogP contribution in [0.2, 0.25) is 0 Å². The van der Waals surface area contributed by atoms with Gasteiger partial charge in [0.15, 0.2) is 6.10 Å². The second kappa shape index (κ2) is 40.4. The van der Waals surface area contributed by atoms with Crippen LogP contribution in [0.15, 0.2) is 85.1 Å². The van der Waals surface area contributed by atoms with Gasteiger partial charge in [0, 0.05) is 19.3 Å². The van der Waals surface area contributed by atoms with Gasteiger partial charge in [0.25, 0.3) is 0 Å². The Hall–Kier alpha value is -3.41. The standard InChI is InChI=1S/C46H74O6/c1-4-7-10-13-16-18-20-22-23-25-26-28-30-33-36-39-45(48)51-42-43(41-50-44(47)38-35-32-15-12-9-6-3)52-46(49)40-37-34-31-29-27-24-21-19-17-14-11-8-5-2/h7-8,10-11,16-19,22-24,27,31,34,43H,4-6,9,12-15,20-21,25-26,28-30,32-33,35-42H2,1-3H3/b10-7-,11-8-,18-16-,19-17-,23-22-,27-24-,34-31-. The fourth-order valence-electron chi connectivity index (χ4n) is 5.11. The van der Waals surface area contributed by atoms with Crippen molar-refractivity contribution in [1.29, 1.82) is 0 Å². The van der Waals surface area contributed by atoms with Crippen molar-refractivity contribution in [2.24, 2.45) is 0 Å². The molecule has 0 bridgehead atoms. The fourth-order valence-corrected chi connectivity index (χ4v) is 5.11. The molecule has 0 radical (unpaired) electrons. The molecule has 294 valence electrons. The first-order valence-corrected chi connectivity index (χ1v) is 20.6. The van der Waals surface area contributed by atoms with Gasteiger partial charge >= 0.3 is 17.9 Å². The van der Waals surface area contributed by atoms with E-state index in [-0.39, 0.29) is 31.6 Å². The summed E-state index contributed by atoms with van der Waals surface area (Å²) in [5.41, 5.74) is 0. The number of unbranched alkanes of at least 4 members (excludes halogenated alkanes) is 10. The summed E-state index contributed by atoms with van der Waals surface area (Å²) >= 11 is 0. The maximum absolute atomic E-state index is 12.6. The van der Waals surface area contributed by atoms with Crippen molar-refractivity contribution in [3.8, 4) is 0 Å². The maximum atomic E-state index is 12.6. The number of hydrogen-bond donors (Lipinski definition) is 0. The highest BCUT2D eigenvalue weighted by molar-refractivity contribution is 5.71. The highest BCUT2D eigenvalue weighted by Crippen LogP contribution is 2.11. The zero-order chi connectivity index (χ0) is 38.0. The van der Waals surface area contributed by atoms with Gasteiger partial charge < -0.3 is 14.2 Å². The van der Waals surface area contributed by atoms with Crippen LogP contribution in [0, 0.1) is 0 Å². The van der Waals surface area contributed by atoms with Crippen LogP contribution >= 0.6 is 0 Å². The molecule has 0 spiro atoms.